The lowest BCUT2D eigenvalue weighted by molar-refractivity contribution is -0.137. The Morgan fingerprint density at radius 1 is 1.15 bits per heavy atom. The largest absolute Gasteiger partial charge is 0.440 e. The molecule has 0 saturated carbocycles. The third-order valence-electron chi connectivity index (χ3n) is 1.40. The molecule has 13 heavy (non-hydrogen) atoms. The fraction of sp³-hybridized carbons (Fsp3) is 0.143. The standard InChI is InChI=1S/C7H5F3NOS/c8-7(9,10)5-1-3-6(4-2-5)13(11)12/h1-4,11H/q-1. The molecule has 0 heterocycles. The average Bonchev–Trinajstić information content (AvgIpc) is 2.03. The zero-order valence-corrected chi connectivity index (χ0v) is 7.08. The molecule has 0 aliphatic rings. The van der Waals surface area contributed by atoms with Crippen LogP contribution in [-0.2, 0) is 21.0 Å². The molecular formula is C7H5F3NOS-. The lowest BCUT2D eigenvalue weighted by atomic mass is 10.2. The second kappa shape index (κ2) is 3.37. The highest BCUT2D eigenvalue weighted by atomic mass is 32.2. The topological polar surface area (TPSA) is 40.9 Å². The summed E-state index contributed by atoms with van der Waals surface area (Å²) in [6, 6.07) is 3.68. The van der Waals surface area contributed by atoms with Crippen LogP contribution in [0.5, 0.6) is 0 Å². The first kappa shape index (κ1) is 10.0. The minimum absolute atomic E-state index is 0.0630. The van der Waals surface area contributed by atoms with Crippen LogP contribution in [0.3, 0.4) is 0 Å². The molecule has 6 heteroatoms. The van der Waals surface area contributed by atoms with Crippen LogP contribution in [0.4, 0.5) is 13.2 Å². The summed E-state index contributed by atoms with van der Waals surface area (Å²) < 4.78 is 53.2. The Hall–Kier alpha value is -1.04. The Morgan fingerprint density at radius 2 is 1.62 bits per heavy atom. The molecule has 0 bridgehead atoms. The van der Waals surface area contributed by atoms with Crippen molar-refractivity contribution in [2.75, 3.05) is 0 Å². The highest BCUT2D eigenvalue weighted by molar-refractivity contribution is 7.73. The maximum absolute atomic E-state index is 12.0. The number of hydrogen-bond acceptors (Lipinski definition) is 3. The van der Waals surface area contributed by atoms with Gasteiger partial charge in [0.2, 0.25) is 0 Å². The molecule has 0 aliphatic carbocycles. The summed E-state index contributed by atoms with van der Waals surface area (Å²) in [6.07, 6.45) is -4.39. The van der Waals surface area contributed by atoms with Gasteiger partial charge in [-0.15, -0.1) is 4.90 Å². The van der Waals surface area contributed by atoms with E-state index in [9.17, 15) is 17.4 Å². The van der Waals surface area contributed by atoms with Gasteiger partial charge in [-0.25, -0.2) is 0 Å². The van der Waals surface area contributed by atoms with E-state index in [1.165, 1.54) is 0 Å². The Kier molecular flexibility index (Phi) is 2.60. The van der Waals surface area contributed by atoms with Gasteiger partial charge in [-0.05, 0) is 0 Å². The minimum atomic E-state index is -4.39. The van der Waals surface area contributed by atoms with Gasteiger partial charge >= 0.3 is 6.18 Å². The molecule has 0 radical (unpaired) electrons. The number of alkyl halides is 3. The highest BCUT2D eigenvalue weighted by Crippen LogP contribution is 2.29. The molecule has 0 fully saturated rings. The van der Waals surface area contributed by atoms with E-state index in [-0.39, 0.29) is 4.90 Å². The second-order valence-electron chi connectivity index (χ2n) is 2.29. The number of halogens is 3. The van der Waals surface area contributed by atoms with Gasteiger partial charge in [0.15, 0.2) is 0 Å². The average molecular weight is 208 g/mol. The molecule has 0 aromatic heterocycles. The molecule has 1 N–H and O–H groups in total. The molecule has 0 spiro atoms. The van der Waals surface area contributed by atoms with Crippen molar-refractivity contribution in [1.29, 1.82) is 4.78 Å². The molecule has 0 aliphatic heterocycles. The molecule has 2 nitrogen and oxygen atoms in total. The molecular weight excluding hydrogens is 203 g/mol. The van der Waals surface area contributed by atoms with Crippen LogP contribution >= 0.6 is 0 Å². The third-order valence-corrected chi connectivity index (χ3v) is 2.10. The maximum atomic E-state index is 12.0. The molecule has 0 amide bonds. The molecule has 72 valence electrons. The van der Waals surface area contributed by atoms with Gasteiger partial charge in [-0.1, -0.05) is 24.3 Å². The fourth-order valence-electron chi connectivity index (χ4n) is 0.768. The predicted molar refractivity (Wildman–Crippen MR) is 40.5 cm³/mol. The summed E-state index contributed by atoms with van der Waals surface area (Å²) in [5.74, 6) is 0. The predicted octanol–water partition coefficient (Wildman–Crippen LogP) is 2.79. The van der Waals surface area contributed by atoms with Crippen LogP contribution in [0.1, 0.15) is 5.56 Å². The van der Waals surface area contributed by atoms with Gasteiger partial charge in [0.05, 0.1) is 5.56 Å². The van der Waals surface area contributed by atoms with Crippen molar-refractivity contribution >= 4 is 10.6 Å². The lowest BCUT2D eigenvalue weighted by Crippen LogP contribution is -2.04. The smallest absolute Gasteiger partial charge is 0.416 e. The third kappa shape index (κ3) is 2.45. The van der Waals surface area contributed by atoms with Crippen molar-refractivity contribution in [2.24, 2.45) is 0 Å². The Labute approximate surface area is 74.4 Å². The molecule has 0 unspecified atom stereocenters. The number of nitrogens with one attached hydrogen (secondary N) is 1. The zero-order valence-electron chi connectivity index (χ0n) is 6.26. The Morgan fingerprint density at radius 3 is 1.92 bits per heavy atom. The highest BCUT2D eigenvalue weighted by Gasteiger charge is 2.29. The van der Waals surface area contributed by atoms with Crippen molar-refractivity contribution < 1.29 is 17.4 Å². The Bertz CT molecular complexity index is 358. The first-order chi connectivity index (χ1) is 5.91. The van der Waals surface area contributed by atoms with Gasteiger partial charge in [0, 0.05) is 0 Å². The fourth-order valence-corrected chi connectivity index (χ4v) is 1.15. The maximum Gasteiger partial charge on any atom is 0.416 e. The van der Waals surface area contributed by atoms with Gasteiger partial charge in [-0.3, -0.25) is 0 Å². The lowest BCUT2D eigenvalue weighted by Gasteiger charge is -2.07. The van der Waals surface area contributed by atoms with Crippen LogP contribution < -0.4 is 0 Å². The summed E-state index contributed by atoms with van der Waals surface area (Å²) >= 11 is 0. The molecule has 1 rings (SSSR count). The zero-order chi connectivity index (χ0) is 10.1. The Balaban J connectivity index is 3.08. The summed E-state index contributed by atoms with van der Waals surface area (Å²) in [5, 5.41) is 0. The van der Waals surface area contributed by atoms with E-state index in [1.807, 2.05) is 0 Å². The van der Waals surface area contributed by atoms with Crippen molar-refractivity contribution in [3.63, 3.8) is 0 Å². The summed E-state index contributed by atoms with van der Waals surface area (Å²) in [4.78, 5) is 0.0630. The van der Waals surface area contributed by atoms with Crippen LogP contribution in [-0.4, -0.2) is 0 Å². The summed E-state index contributed by atoms with van der Waals surface area (Å²) in [5.41, 5.74) is -0.804. The van der Waals surface area contributed by atoms with Gasteiger partial charge in [-0.2, -0.15) is 23.8 Å². The first-order valence-corrected chi connectivity index (χ1v) is 4.36. The SMILES string of the molecule is N=[S-](=O)c1ccc(C(F)(F)F)cc1. The number of benzene rings is 1. The van der Waals surface area contributed by atoms with Gasteiger partial charge < -0.3 is 8.99 Å². The van der Waals surface area contributed by atoms with E-state index in [1.54, 1.807) is 0 Å². The van der Waals surface area contributed by atoms with E-state index in [2.05, 4.69) is 0 Å². The van der Waals surface area contributed by atoms with Crippen LogP contribution in [0.25, 0.3) is 0 Å². The van der Waals surface area contributed by atoms with E-state index in [0.29, 0.717) is 0 Å². The monoisotopic (exact) mass is 208 g/mol. The number of rotatable bonds is 1. The van der Waals surface area contributed by atoms with Crippen LogP contribution in [0, 0.1) is 4.78 Å². The molecule has 0 atom stereocenters. The van der Waals surface area contributed by atoms with Gasteiger partial charge in [0.25, 0.3) is 0 Å². The normalized spacial score (nSPS) is 12.0. The summed E-state index contributed by atoms with van der Waals surface area (Å²) in [6.45, 7) is 0. The second-order valence-corrected chi connectivity index (χ2v) is 3.30. The summed E-state index contributed by atoms with van der Waals surface area (Å²) in [7, 11) is -1.98. The molecule has 1 aromatic rings. The number of hydrogen-bond donors (Lipinski definition) is 1. The van der Waals surface area contributed by atoms with E-state index < -0.39 is 22.3 Å². The van der Waals surface area contributed by atoms with Crippen molar-refractivity contribution in [1.82, 2.24) is 0 Å². The van der Waals surface area contributed by atoms with Gasteiger partial charge in [0.1, 0.15) is 0 Å². The van der Waals surface area contributed by atoms with E-state index in [0.717, 1.165) is 24.3 Å². The van der Waals surface area contributed by atoms with Crippen LogP contribution in [0.15, 0.2) is 29.2 Å². The molecule has 1 aromatic carbocycles. The molecule has 0 saturated heterocycles. The minimum Gasteiger partial charge on any atom is -0.440 e. The first-order valence-electron chi connectivity index (χ1n) is 3.21. The van der Waals surface area contributed by atoms with E-state index >= 15 is 0 Å². The van der Waals surface area contributed by atoms with E-state index in [4.69, 9.17) is 4.78 Å². The van der Waals surface area contributed by atoms with Crippen molar-refractivity contribution in [2.45, 2.75) is 11.1 Å². The quantitative estimate of drug-likeness (QED) is 0.708. The van der Waals surface area contributed by atoms with Crippen LogP contribution in [0.2, 0.25) is 0 Å². The van der Waals surface area contributed by atoms with Crippen molar-refractivity contribution in [3.8, 4) is 0 Å². The van der Waals surface area contributed by atoms with Crippen molar-refractivity contribution in [3.05, 3.63) is 29.8 Å².